The Labute approximate surface area is 97.5 Å². The van der Waals surface area contributed by atoms with Gasteiger partial charge >= 0.3 is 0 Å². The number of carbonyl (C=O) groups excluding carboxylic acids is 1. The molecule has 2 rings (SSSR count). The minimum atomic E-state index is -0.562. The first-order chi connectivity index (χ1) is 8.09. The standard InChI is InChI=1S/C11H11N3O3/c1-7-3-2-4-8(10(7)14(16)17)11-12-6-5-9(15)13-11/h2-6,11-12H,1H3,(H,13,15). The van der Waals surface area contributed by atoms with E-state index < -0.39 is 11.1 Å². The molecule has 1 aromatic carbocycles. The van der Waals surface area contributed by atoms with Crippen molar-refractivity contribution in [3.63, 3.8) is 0 Å². The molecule has 1 heterocycles. The van der Waals surface area contributed by atoms with Gasteiger partial charge in [-0.15, -0.1) is 0 Å². The number of aryl methyl sites for hydroxylation is 1. The molecule has 0 saturated heterocycles. The molecule has 88 valence electrons. The Morgan fingerprint density at radius 2 is 2.18 bits per heavy atom. The number of benzene rings is 1. The molecule has 17 heavy (non-hydrogen) atoms. The molecular weight excluding hydrogens is 222 g/mol. The summed E-state index contributed by atoms with van der Waals surface area (Å²) >= 11 is 0. The summed E-state index contributed by atoms with van der Waals surface area (Å²) in [4.78, 5) is 21.8. The van der Waals surface area contributed by atoms with Crippen LogP contribution in [0.2, 0.25) is 0 Å². The Morgan fingerprint density at radius 3 is 2.82 bits per heavy atom. The first kappa shape index (κ1) is 11.1. The van der Waals surface area contributed by atoms with Gasteiger partial charge in [0.1, 0.15) is 6.17 Å². The fourth-order valence-electron chi connectivity index (χ4n) is 1.78. The van der Waals surface area contributed by atoms with Crippen molar-refractivity contribution in [2.45, 2.75) is 13.1 Å². The summed E-state index contributed by atoms with van der Waals surface area (Å²) in [5.41, 5.74) is 1.05. The molecule has 0 aliphatic carbocycles. The van der Waals surface area contributed by atoms with Gasteiger partial charge in [0, 0.05) is 17.8 Å². The highest BCUT2D eigenvalue weighted by Gasteiger charge is 2.25. The molecule has 1 amide bonds. The lowest BCUT2D eigenvalue weighted by Gasteiger charge is -2.22. The zero-order chi connectivity index (χ0) is 12.4. The number of rotatable bonds is 2. The number of nitrogens with one attached hydrogen (secondary N) is 2. The van der Waals surface area contributed by atoms with Crippen molar-refractivity contribution in [1.82, 2.24) is 10.6 Å². The smallest absolute Gasteiger partial charge is 0.279 e. The predicted octanol–water partition coefficient (Wildman–Crippen LogP) is 1.13. The Kier molecular flexibility index (Phi) is 2.78. The van der Waals surface area contributed by atoms with Gasteiger partial charge in [-0.25, -0.2) is 0 Å². The van der Waals surface area contributed by atoms with Crippen molar-refractivity contribution in [3.05, 3.63) is 51.7 Å². The van der Waals surface area contributed by atoms with Crippen molar-refractivity contribution < 1.29 is 9.72 Å². The van der Waals surface area contributed by atoms with E-state index in [0.717, 1.165) is 0 Å². The second-order valence-corrected chi connectivity index (χ2v) is 3.71. The third-order valence-electron chi connectivity index (χ3n) is 2.55. The van der Waals surface area contributed by atoms with Crippen molar-refractivity contribution in [1.29, 1.82) is 0 Å². The molecule has 0 fully saturated rings. The van der Waals surface area contributed by atoms with Gasteiger partial charge in [-0.2, -0.15) is 0 Å². The van der Waals surface area contributed by atoms with Crippen LogP contribution in [0.1, 0.15) is 17.3 Å². The molecule has 0 aromatic heterocycles. The maximum atomic E-state index is 11.2. The molecule has 0 bridgehead atoms. The van der Waals surface area contributed by atoms with E-state index in [4.69, 9.17) is 0 Å². The molecule has 1 atom stereocenters. The summed E-state index contributed by atoms with van der Waals surface area (Å²) < 4.78 is 0. The van der Waals surface area contributed by atoms with Gasteiger partial charge in [0.15, 0.2) is 0 Å². The van der Waals surface area contributed by atoms with Gasteiger partial charge in [-0.1, -0.05) is 12.1 Å². The fourth-order valence-corrected chi connectivity index (χ4v) is 1.78. The highest BCUT2D eigenvalue weighted by molar-refractivity contribution is 5.88. The quantitative estimate of drug-likeness (QED) is 0.592. The van der Waals surface area contributed by atoms with Crippen LogP contribution in [0.15, 0.2) is 30.5 Å². The SMILES string of the molecule is Cc1cccc(C2NC=CC(=O)N2)c1[N+](=O)[O-]. The van der Waals surface area contributed by atoms with E-state index >= 15 is 0 Å². The van der Waals surface area contributed by atoms with E-state index in [2.05, 4.69) is 10.6 Å². The Hall–Kier alpha value is -2.37. The molecule has 0 saturated carbocycles. The van der Waals surface area contributed by atoms with E-state index in [0.29, 0.717) is 11.1 Å². The molecule has 1 aliphatic heterocycles. The van der Waals surface area contributed by atoms with E-state index in [1.807, 2.05) is 0 Å². The summed E-state index contributed by atoms with van der Waals surface area (Å²) in [6.07, 6.45) is 2.25. The van der Waals surface area contributed by atoms with E-state index in [9.17, 15) is 14.9 Å². The van der Waals surface area contributed by atoms with Gasteiger partial charge in [-0.3, -0.25) is 14.9 Å². The zero-order valence-corrected chi connectivity index (χ0v) is 9.14. The van der Waals surface area contributed by atoms with E-state index in [-0.39, 0.29) is 11.6 Å². The minimum Gasteiger partial charge on any atom is -0.367 e. The number of para-hydroxylation sites is 1. The average molecular weight is 233 g/mol. The first-order valence-corrected chi connectivity index (χ1v) is 5.06. The molecule has 2 N–H and O–H groups in total. The molecule has 1 aromatic rings. The van der Waals surface area contributed by atoms with Gasteiger partial charge < -0.3 is 10.6 Å². The highest BCUT2D eigenvalue weighted by atomic mass is 16.6. The van der Waals surface area contributed by atoms with E-state index in [1.54, 1.807) is 25.1 Å². The fraction of sp³-hybridized carbons (Fsp3) is 0.182. The molecule has 1 unspecified atom stereocenters. The summed E-state index contributed by atoms with van der Waals surface area (Å²) in [5.74, 6) is -0.274. The third-order valence-corrected chi connectivity index (χ3v) is 2.55. The Balaban J connectivity index is 2.45. The molecule has 6 nitrogen and oxygen atoms in total. The molecule has 6 heteroatoms. The largest absolute Gasteiger partial charge is 0.367 e. The van der Waals surface area contributed by atoms with Crippen molar-refractivity contribution in [2.75, 3.05) is 0 Å². The lowest BCUT2D eigenvalue weighted by atomic mass is 10.1. The van der Waals surface area contributed by atoms with Crippen LogP contribution in [0, 0.1) is 17.0 Å². The number of nitrogens with zero attached hydrogens (tertiary/aromatic N) is 1. The summed E-state index contributed by atoms with van der Waals surface area (Å²) in [6, 6.07) is 5.02. The lowest BCUT2D eigenvalue weighted by molar-refractivity contribution is -0.386. The van der Waals surface area contributed by atoms with Crippen LogP contribution in [-0.4, -0.2) is 10.8 Å². The molecule has 1 aliphatic rings. The number of nitro groups is 1. The third kappa shape index (κ3) is 2.10. The van der Waals surface area contributed by atoms with Crippen LogP contribution in [-0.2, 0) is 4.79 Å². The lowest BCUT2D eigenvalue weighted by Crippen LogP contribution is -2.38. The van der Waals surface area contributed by atoms with Gasteiger partial charge in [0.05, 0.1) is 10.5 Å². The van der Waals surface area contributed by atoms with Crippen molar-refractivity contribution in [2.24, 2.45) is 0 Å². The second-order valence-electron chi connectivity index (χ2n) is 3.71. The predicted molar refractivity (Wildman–Crippen MR) is 61.0 cm³/mol. The second kappa shape index (κ2) is 4.25. The van der Waals surface area contributed by atoms with Crippen LogP contribution in [0.3, 0.4) is 0 Å². The van der Waals surface area contributed by atoms with Gasteiger partial charge in [-0.05, 0) is 13.0 Å². The van der Waals surface area contributed by atoms with Crippen LogP contribution < -0.4 is 10.6 Å². The summed E-state index contributed by atoms with van der Waals surface area (Å²) in [7, 11) is 0. The number of hydrogen-bond donors (Lipinski definition) is 2. The average Bonchev–Trinajstić information content (AvgIpc) is 2.28. The molecular formula is C11H11N3O3. The van der Waals surface area contributed by atoms with Crippen LogP contribution in [0.5, 0.6) is 0 Å². The maximum Gasteiger partial charge on any atom is 0.279 e. The highest BCUT2D eigenvalue weighted by Crippen LogP contribution is 2.27. The van der Waals surface area contributed by atoms with E-state index in [1.165, 1.54) is 12.3 Å². The van der Waals surface area contributed by atoms with Crippen molar-refractivity contribution >= 4 is 11.6 Å². The number of amides is 1. The zero-order valence-electron chi connectivity index (χ0n) is 9.14. The topological polar surface area (TPSA) is 84.3 Å². The van der Waals surface area contributed by atoms with Gasteiger partial charge in [0.2, 0.25) is 5.91 Å². The number of carbonyl (C=O) groups is 1. The van der Waals surface area contributed by atoms with Crippen LogP contribution >= 0.6 is 0 Å². The number of nitro benzene ring substituents is 1. The summed E-state index contributed by atoms with van der Waals surface area (Å²) in [5, 5.41) is 16.5. The monoisotopic (exact) mass is 233 g/mol. The normalized spacial score (nSPS) is 18.4. The minimum absolute atomic E-state index is 0.0283. The molecule has 0 radical (unpaired) electrons. The maximum absolute atomic E-state index is 11.2. The number of hydrogen-bond acceptors (Lipinski definition) is 4. The Morgan fingerprint density at radius 1 is 1.41 bits per heavy atom. The first-order valence-electron chi connectivity index (χ1n) is 5.06. The van der Waals surface area contributed by atoms with Crippen molar-refractivity contribution in [3.8, 4) is 0 Å². The molecule has 0 spiro atoms. The summed E-state index contributed by atoms with van der Waals surface area (Å²) in [6.45, 7) is 1.67. The Bertz CT molecular complexity index is 511. The van der Waals surface area contributed by atoms with Crippen LogP contribution in [0.4, 0.5) is 5.69 Å². The van der Waals surface area contributed by atoms with Crippen LogP contribution in [0.25, 0.3) is 0 Å². The van der Waals surface area contributed by atoms with Gasteiger partial charge in [0.25, 0.3) is 5.69 Å².